The van der Waals surface area contributed by atoms with Gasteiger partial charge in [0.2, 0.25) is 0 Å². The minimum Gasteiger partial charge on any atom is -0.345 e. The first-order chi connectivity index (χ1) is 11.0. The van der Waals surface area contributed by atoms with Gasteiger partial charge in [-0.25, -0.2) is 0 Å². The maximum absolute atomic E-state index is 12.4. The average Bonchev–Trinajstić information content (AvgIpc) is 2.44. The van der Waals surface area contributed by atoms with Gasteiger partial charge in [-0.1, -0.05) is 12.1 Å². The zero-order valence-corrected chi connectivity index (χ0v) is 10.4. The van der Waals surface area contributed by atoms with Gasteiger partial charge in [-0.05, 0) is 49.9 Å². The summed E-state index contributed by atoms with van der Waals surface area (Å²) in [5, 5.41) is 3.37. The van der Waals surface area contributed by atoms with Crippen molar-refractivity contribution in [3.05, 3.63) is 35.4 Å². The van der Waals surface area contributed by atoms with Crippen LogP contribution in [0.25, 0.3) is 0 Å². The topological polar surface area (TPSA) is 32.3 Å². The van der Waals surface area contributed by atoms with Crippen molar-refractivity contribution in [3.63, 3.8) is 0 Å². The van der Waals surface area contributed by atoms with E-state index >= 15 is 0 Å². The van der Waals surface area contributed by atoms with Crippen LogP contribution in [0.1, 0.15) is 49.8 Å². The predicted molar refractivity (Wildman–Crippen MR) is 73.9 cm³/mol. The monoisotopic (exact) mass is 252 g/mol. The number of nitrogens with zero attached hydrogens (tertiary/aromatic N) is 1. The molecule has 0 unspecified atom stereocenters. The van der Waals surface area contributed by atoms with Crippen molar-refractivity contribution < 1.29 is 13.0 Å². The normalized spacial score (nSPS) is 30.1. The molecule has 3 heteroatoms. The summed E-state index contributed by atoms with van der Waals surface area (Å²) in [6.07, 6.45) is 1.98. The third-order valence-corrected chi connectivity index (χ3v) is 3.46. The Morgan fingerprint density at radius 2 is 2.11 bits per heavy atom. The number of nitrogens with one attached hydrogen (secondary N) is 1. The Labute approximate surface area is 118 Å². The maximum Gasteiger partial charge on any atom is 0.253 e. The molecule has 1 fully saturated rings. The smallest absolute Gasteiger partial charge is 0.253 e. The molecular formula is C15H22N2O. The summed E-state index contributed by atoms with van der Waals surface area (Å²) >= 11 is 0. The van der Waals surface area contributed by atoms with E-state index < -0.39 is 19.9 Å². The first-order valence-electron chi connectivity index (χ1n) is 9.18. The fraction of sp³-hybridized carbons (Fsp3) is 0.533. The highest BCUT2D eigenvalue weighted by atomic mass is 16.2. The molecule has 1 N–H and O–H groups in total. The quantitative estimate of drug-likeness (QED) is 0.875. The Kier molecular flexibility index (Phi) is 2.24. The van der Waals surface area contributed by atoms with Crippen molar-refractivity contribution in [1.82, 2.24) is 10.2 Å². The van der Waals surface area contributed by atoms with Gasteiger partial charge in [0, 0.05) is 33.8 Å². The van der Waals surface area contributed by atoms with Crippen LogP contribution >= 0.6 is 0 Å². The van der Waals surface area contributed by atoms with Crippen LogP contribution in [0.4, 0.5) is 0 Å². The van der Waals surface area contributed by atoms with Crippen molar-refractivity contribution >= 4 is 5.91 Å². The molecule has 1 aliphatic heterocycles. The van der Waals surface area contributed by atoms with Crippen LogP contribution in [0.3, 0.4) is 0 Å². The van der Waals surface area contributed by atoms with E-state index in [-0.39, 0.29) is 10.5 Å². The molecule has 1 aliphatic rings. The minimum atomic E-state index is -3.02. The summed E-state index contributed by atoms with van der Waals surface area (Å²) in [6, 6.07) is 7.01. The van der Waals surface area contributed by atoms with E-state index in [1.165, 1.54) is 12.1 Å². The number of piperidine rings is 1. The van der Waals surface area contributed by atoms with Gasteiger partial charge in [-0.3, -0.25) is 4.79 Å². The number of hydrogen-bond acceptors (Lipinski definition) is 2. The largest absolute Gasteiger partial charge is 0.345 e. The standard InChI is InChI=1S/C15H22N2O/c1-11-10-14(8-9-16-11)12-4-6-13(7-5-12)15(18)17(2)3/h4-7,11,14,16H,8-10H2,1-3H3/t11-,14-/m0/s1/i2D3,3D3. The molecule has 1 aromatic carbocycles. The first kappa shape index (κ1) is 7.29. The first-order valence-corrected chi connectivity index (χ1v) is 6.18. The van der Waals surface area contributed by atoms with Crippen molar-refractivity contribution in [2.45, 2.75) is 31.7 Å². The summed E-state index contributed by atoms with van der Waals surface area (Å²) in [4.78, 5) is 12.4. The van der Waals surface area contributed by atoms with Gasteiger partial charge in [0.25, 0.3) is 5.91 Å². The summed E-state index contributed by atoms with van der Waals surface area (Å²) in [5.74, 6) is -0.632. The maximum atomic E-state index is 12.4. The van der Waals surface area contributed by atoms with Gasteiger partial charge >= 0.3 is 0 Å². The lowest BCUT2D eigenvalue weighted by Gasteiger charge is -2.28. The van der Waals surface area contributed by atoms with Crippen LogP contribution in [0.5, 0.6) is 0 Å². The van der Waals surface area contributed by atoms with E-state index in [0.29, 0.717) is 12.0 Å². The second-order valence-electron chi connectivity index (χ2n) is 4.84. The Morgan fingerprint density at radius 3 is 2.72 bits per heavy atom. The van der Waals surface area contributed by atoms with E-state index in [9.17, 15) is 4.79 Å². The molecule has 18 heavy (non-hydrogen) atoms. The summed E-state index contributed by atoms with van der Waals surface area (Å²) in [7, 11) is 0. The number of rotatable bonds is 2. The van der Waals surface area contributed by atoms with Crippen LogP contribution in [-0.2, 0) is 0 Å². The second kappa shape index (κ2) is 5.53. The zero-order valence-electron chi connectivity index (χ0n) is 16.4. The van der Waals surface area contributed by atoms with Crippen molar-refractivity contribution in [2.24, 2.45) is 0 Å². The second-order valence-corrected chi connectivity index (χ2v) is 4.84. The molecule has 2 atom stereocenters. The van der Waals surface area contributed by atoms with Crippen molar-refractivity contribution in [1.29, 1.82) is 0 Å². The minimum absolute atomic E-state index is 0.0123. The fourth-order valence-corrected chi connectivity index (χ4v) is 2.46. The molecule has 1 amide bonds. The Bertz CT molecular complexity index is 567. The lowest BCUT2D eigenvalue weighted by Crippen LogP contribution is -2.34. The van der Waals surface area contributed by atoms with Crippen molar-refractivity contribution in [2.75, 3.05) is 20.5 Å². The van der Waals surface area contributed by atoms with Gasteiger partial charge in [0.15, 0.2) is 0 Å². The molecule has 0 aromatic heterocycles. The Hall–Kier alpha value is -1.35. The third-order valence-electron chi connectivity index (χ3n) is 3.46. The highest BCUT2D eigenvalue weighted by Gasteiger charge is 2.20. The Morgan fingerprint density at radius 1 is 1.39 bits per heavy atom. The molecule has 0 radical (unpaired) electrons. The fourth-order valence-electron chi connectivity index (χ4n) is 2.46. The van der Waals surface area contributed by atoms with Crippen LogP contribution in [-0.4, -0.2) is 37.3 Å². The molecule has 0 bridgehead atoms. The lowest BCUT2D eigenvalue weighted by molar-refractivity contribution is 0.0827. The van der Waals surface area contributed by atoms with Gasteiger partial charge in [0.1, 0.15) is 0 Å². The van der Waals surface area contributed by atoms with Gasteiger partial charge in [0.05, 0.1) is 0 Å². The highest BCUT2D eigenvalue weighted by molar-refractivity contribution is 5.93. The molecule has 3 nitrogen and oxygen atoms in total. The molecule has 0 aliphatic carbocycles. The number of amides is 1. The van der Waals surface area contributed by atoms with E-state index in [4.69, 9.17) is 8.22 Å². The van der Waals surface area contributed by atoms with E-state index in [0.717, 1.165) is 24.9 Å². The summed E-state index contributed by atoms with van der Waals surface area (Å²) in [5.41, 5.74) is 1.14. The molecule has 0 spiro atoms. The molecule has 2 rings (SSSR count). The molecule has 1 saturated heterocycles. The number of carbonyl (C=O) groups excluding carboxylic acids is 1. The number of hydrogen-bond donors (Lipinski definition) is 1. The van der Waals surface area contributed by atoms with Gasteiger partial charge < -0.3 is 10.2 Å². The SMILES string of the molecule is [2H]C([2H])([2H])N(C(=O)c1ccc([C@H]2CCN[C@@H](C)C2)cc1)C([2H])([2H])[2H]. The molecule has 1 aromatic rings. The number of benzene rings is 1. The summed E-state index contributed by atoms with van der Waals surface area (Å²) < 4.78 is 43.9. The molecular weight excluding hydrogens is 224 g/mol. The highest BCUT2D eigenvalue weighted by Crippen LogP contribution is 2.27. The average molecular weight is 252 g/mol. The van der Waals surface area contributed by atoms with Crippen LogP contribution in [0.2, 0.25) is 0 Å². The Balaban J connectivity index is 2.21. The summed E-state index contributed by atoms with van der Waals surface area (Å²) in [6.45, 7) is -3.00. The predicted octanol–water partition coefficient (Wildman–Crippen LogP) is 2.24. The van der Waals surface area contributed by atoms with Gasteiger partial charge in [-0.2, -0.15) is 0 Å². The molecule has 98 valence electrons. The zero-order chi connectivity index (χ0) is 18.1. The van der Waals surface area contributed by atoms with Crippen LogP contribution in [0, 0.1) is 0 Å². The van der Waals surface area contributed by atoms with Crippen LogP contribution < -0.4 is 5.32 Å². The molecule has 0 saturated carbocycles. The molecule has 1 heterocycles. The van der Waals surface area contributed by atoms with E-state index in [1.807, 2.05) is 0 Å². The number of carbonyl (C=O) groups is 1. The third kappa shape index (κ3) is 2.91. The van der Waals surface area contributed by atoms with Crippen LogP contribution in [0.15, 0.2) is 24.3 Å². The van der Waals surface area contributed by atoms with E-state index in [2.05, 4.69) is 12.2 Å². The van der Waals surface area contributed by atoms with Crippen molar-refractivity contribution in [3.8, 4) is 0 Å². The lowest BCUT2D eigenvalue weighted by atomic mass is 9.86. The van der Waals surface area contributed by atoms with E-state index in [1.54, 1.807) is 12.1 Å². The van der Waals surface area contributed by atoms with Gasteiger partial charge in [-0.15, -0.1) is 0 Å².